The lowest BCUT2D eigenvalue weighted by molar-refractivity contribution is -0.115. The molecule has 24 heavy (non-hydrogen) atoms. The third-order valence-corrected chi connectivity index (χ3v) is 5.09. The summed E-state index contributed by atoms with van der Waals surface area (Å²) in [5.41, 5.74) is 1.75. The van der Waals surface area contributed by atoms with Crippen LogP contribution in [0.5, 0.6) is 0 Å². The number of para-hydroxylation sites is 1. The van der Waals surface area contributed by atoms with E-state index in [4.69, 9.17) is 0 Å². The minimum atomic E-state index is -0.0899. The van der Waals surface area contributed by atoms with Crippen LogP contribution < -0.4 is 0 Å². The number of aromatic nitrogens is 1. The number of carbonyl (C=O) groups is 2. The molecule has 3 nitrogen and oxygen atoms in total. The number of thioether (sulfide) groups is 1. The van der Waals surface area contributed by atoms with Gasteiger partial charge in [0.05, 0.1) is 10.4 Å². The number of benzene rings is 1. The van der Waals surface area contributed by atoms with Gasteiger partial charge in [-0.25, -0.2) is 0 Å². The molecule has 1 unspecified atom stereocenters. The molecule has 0 radical (unpaired) electrons. The van der Waals surface area contributed by atoms with Crippen molar-refractivity contribution >= 4 is 39.6 Å². The zero-order valence-electron chi connectivity index (χ0n) is 14.4. The van der Waals surface area contributed by atoms with Crippen LogP contribution in [0, 0.1) is 5.92 Å². The van der Waals surface area contributed by atoms with Gasteiger partial charge in [-0.2, -0.15) is 0 Å². The molecular weight excluding hydrogens is 318 g/mol. The minimum absolute atomic E-state index is 0.0116. The summed E-state index contributed by atoms with van der Waals surface area (Å²) in [5.74, 6) is -0.0784. The summed E-state index contributed by atoms with van der Waals surface area (Å²) in [6, 6.07) is 9.82. The van der Waals surface area contributed by atoms with Crippen molar-refractivity contribution < 1.29 is 9.59 Å². The molecule has 0 saturated carbocycles. The van der Waals surface area contributed by atoms with Crippen molar-refractivity contribution in [2.45, 2.75) is 40.0 Å². The Morgan fingerprint density at radius 3 is 2.67 bits per heavy atom. The van der Waals surface area contributed by atoms with Crippen LogP contribution in [-0.4, -0.2) is 15.9 Å². The Morgan fingerprint density at radius 1 is 1.25 bits per heavy atom. The Hall–Kier alpha value is -1.94. The van der Waals surface area contributed by atoms with Gasteiger partial charge in [0.2, 0.25) is 0 Å². The molecule has 0 aliphatic carbocycles. The molecule has 0 fully saturated rings. The van der Waals surface area contributed by atoms with Crippen molar-refractivity contribution in [3.8, 4) is 0 Å². The number of ketones is 1. The fraction of sp³-hybridized carbons (Fsp3) is 0.350. The van der Waals surface area contributed by atoms with Crippen molar-refractivity contribution in [1.82, 2.24) is 4.98 Å². The monoisotopic (exact) mass is 341 g/mol. The van der Waals surface area contributed by atoms with Crippen molar-refractivity contribution in [3.05, 3.63) is 47.0 Å². The first-order valence-electron chi connectivity index (χ1n) is 8.34. The third-order valence-electron chi connectivity index (χ3n) is 3.93. The predicted octanol–water partition coefficient (Wildman–Crippen LogP) is 5.25. The van der Waals surface area contributed by atoms with E-state index in [0.717, 1.165) is 47.5 Å². The topological polar surface area (TPSA) is 47.0 Å². The number of nitrogens with zero attached hydrogens (tertiary/aromatic N) is 1. The molecule has 1 aromatic carbocycles. The van der Waals surface area contributed by atoms with Crippen molar-refractivity contribution in [2.24, 2.45) is 5.92 Å². The molecule has 0 saturated heterocycles. The van der Waals surface area contributed by atoms with Crippen LogP contribution in [0.3, 0.4) is 0 Å². The zero-order chi connectivity index (χ0) is 17.5. The number of hydrogen-bond donors (Lipinski definition) is 0. The molecule has 0 spiro atoms. The number of carbonyl (C=O) groups excluding carboxylic acids is 2. The van der Waals surface area contributed by atoms with Gasteiger partial charge >= 0.3 is 0 Å². The fourth-order valence-electron chi connectivity index (χ4n) is 2.55. The number of Topliss-reactive ketones (excluding diaryl/α,β-unsaturated/α-hetero) is 1. The highest BCUT2D eigenvalue weighted by Crippen LogP contribution is 2.28. The predicted molar refractivity (Wildman–Crippen MR) is 102 cm³/mol. The summed E-state index contributed by atoms with van der Waals surface area (Å²) in [5, 5.41) is 1.09. The summed E-state index contributed by atoms with van der Waals surface area (Å²) < 4.78 is 0. The van der Waals surface area contributed by atoms with Crippen LogP contribution in [0.15, 0.2) is 41.4 Å². The summed E-state index contributed by atoms with van der Waals surface area (Å²) in [6.07, 6.45) is 6.15. The second kappa shape index (κ2) is 8.78. The molecule has 0 bridgehead atoms. The van der Waals surface area contributed by atoms with Gasteiger partial charge in [0.1, 0.15) is 0 Å². The lowest BCUT2D eigenvalue weighted by Crippen LogP contribution is -2.11. The first-order valence-corrected chi connectivity index (χ1v) is 9.15. The fourth-order valence-corrected chi connectivity index (χ4v) is 3.56. The average molecular weight is 341 g/mol. The van der Waals surface area contributed by atoms with Gasteiger partial charge in [-0.15, -0.1) is 0 Å². The van der Waals surface area contributed by atoms with E-state index in [0.29, 0.717) is 4.91 Å². The van der Waals surface area contributed by atoms with Gasteiger partial charge in [-0.1, -0.05) is 38.5 Å². The maximum absolute atomic E-state index is 12.4. The highest BCUT2D eigenvalue weighted by atomic mass is 32.2. The molecule has 1 heterocycles. The SMILES string of the molecule is CCCC(CC)C(=O)S/C(=C/c1cnc2ccccc2c1)C(C)=O. The summed E-state index contributed by atoms with van der Waals surface area (Å²) in [7, 11) is 0. The number of rotatable bonds is 7. The van der Waals surface area contributed by atoms with Gasteiger partial charge in [0.25, 0.3) is 0 Å². The second-order valence-corrected chi connectivity index (χ2v) is 6.89. The smallest absolute Gasteiger partial charge is 0.196 e. The molecular formula is C20H23NO2S. The molecule has 4 heteroatoms. The number of pyridine rings is 1. The van der Waals surface area contributed by atoms with Crippen LogP contribution in [0.4, 0.5) is 0 Å². The number of hydrogen-bond acceptors (Lipinski definition) is 4. The lowest BCUT2D eigenvalue weighted by Gasteiger charge is -2.12. The summed E-state index contributed by atoms with van der Waals surface area (Å²) >= 11 is 1.07. The van der Waals surface area contributed by atoms with Gasteiger partial charge in [-0.3, -0.25) is 14.6 Å². The molecule has 1 atom stereocenters. The van der Waals surface area contributed by atoms with E-state index >= 15 is 0 Å². The van der Waals surface area contributed by atoms with E-state index in [2.05, 4.69) is 11.9 Å². The first kappa shape index (κ1) is 18.4. The number of allylic oxidation sites excluding steroid dienone is 1. The Kier molecular flexibility index (Phi) is 6.73. The van der Waals surface area contributed by atoms with Crippen molar-refractivity contribution in [2.75, 3.05) is 0 Å². The molecule has 126 valence electrons. The Balaban J connectivity index is 2.26. The average Bonchev–Trinajstić information content (AvgIpc) is 2.58. The third kappa shape index (κ3) is 4.78. The Morgan fingerprint density at radius 2 is 2.00 bits per heavy atom. The standard InChI is InChI=1S/C20H23NO2S/c1-4-8-16(5-2)20(23)24-19(14(3)22)12-15-11-17-9-6-7-10-18(17)21-13-15/h6-7,9-13,16H,4-5,8H2,1-3H3/b19-12+. The van der Waals surface area contributed by atoms with Crippen LogP contribution in [0.1, 0.15) is 45.6 Å². The lowest BCUT2D eigenvalue weighted by atomic mass is 10.0. The highest BCUT2D eigenvalue weighted by molar-refractivity contribution is 8.17. The first-order chi connectivity index (χ1) is 11.5. The quantitative estimate of drug-likeness (QED) is 0.645. The van der Waals surface area contributed by atoms with Gasteiger partial charge < -0.3 is 0 Å². The van der Waals surface area contributed by atoms with Crippen molar-refractivity contribution in [1.29, 1.82) is 0 Å². The van der Waals surface area contributed by atoms with E-state index in [9.17, 15) is 9.59 Å². The molecule has 2 rings (SSSR count). The van der Waals surface area contributed by atoms with Gasteiger partial charge in [0.15, 0.2) is 10.9 Å². The van der Waals surface area contributed by atoms with Crippen LogP contribution in [0.2, 0.25) is 0 Å². The van der Waals surface area contributed by atoms with Crippen LogP contribution >= 0.6 is 11.8 Å². The van der Waals surface area contributed by atoms with Gasteiger partial charge in [0, 0.05) is 17.5 Å². The molecule has 0 aliphatic heterocycles. The van der Waals surface area contributed by atoms with Crippen LogP contribution in [0.25, 0.3) is 17.0 Å². The molecule has 1 aromatic heterocycles. The van der Waals surface area contributed by atoms with E-state index in [1.807, 2.05) is 37.3 Å². The van der Waals surface area contributed by atoms with Gasteiger partial charge in [-0.05, 0) is 55.3 Å². The minimum Gasteiger partial charge on any atom is -0.294 e. The van der Waals surface area contributed by atoms with E-state index < -0.39 is 0 Å². The number of fused-ring (bicyclic) bond motifs is 1. The molecule has 0 amide bonds. The normalized spacial score (nSPS) is 13.0. The van der Waals surface area contributed by atoms with E-state index in [-0.39, 0.29) is 16.8 Å². The molecule has 0 aliphatic rings. The zero-order valence-corrected chi connectivity index (χ0v) is 15.2. The Labute approximate surface area is 147 Å². The van der Waals surface area contributed by atoms with E-state index in [1.165, 1.54) is 6.92 Å². The second-order valence-electron chi connectivity index (χ2n) is 5.84. The van der Waals surface area contributed by atoms with E-state index in [1.54, 1.807) is 12.3 Å². The Bertz CT molecular complexity index is 767. The van der Waals surface area contributed by atoms with Crippen LogP contribution in [-0.2, 0) is 9.59 Å². The molecule has 0 N–H and O–H groups in total. The maximum atomic E-state index is 12.4. The molecule has 2 aromatic rings. The van der Waals surface area contributed by atoms with Crippen molar-refractivity contribution in [3.63, 3.8) is 0 Å². The maximum Gasteiger partial charge on any atom is 0.196 e. The summed E-state index contributed by atoms with van der Waals surface area (Å²) in [6.45, 7) is 5.59. The summed E-state index contributed by atoms with van der Waals surface area (Å²) in [4.78, 5) is 29.3. The highest BCUT2D eigenvalue weighted by Gasteiger charge is 2.19. The largest absolute Gasteiger partial charge is 0.294 e.